The highest BCUT2D eigenvalue weighted by Crippen LogP contribution is 2.23. The summed E-state index contributed by atoms with van der Waals surface area (Å²) in [6.45, 7) is 2.02. The maximum absolute atomic E-state index is 5.37. The van der Waals surface area contributed by atoms with Crippen LogP contribution in [0.2, 0.25) is 0 Å². The summed E-state index contributed by atoms with van der Waals surface area (Å²) in [4.78, 5) is 0. The van der Waals surface area contributed by atoms with Crippen molar-refractivity contribution in [2.24, 2.45) is 0 Å². The van der Waals surface area contributed by atoms with E-state index in [2.05, 4.69) is 41.7 Å². The molecule has 2 rings (SSSR count). The maximum Gasteiger partial charge on any atom is 0.105 e. The van der Waals surface area contributed by atoms with Gasteiger partial charge in [-0.3, -0.25) is 0 Å². The van der Waals surface area contributed by atoms with E-state index in [0.29, 0.717) is 6.04 Å². The fourth-order valence-corrected chi connectivity index (χ4v) is 2.37. The fourth-order valence-electron chi connectivity index (χ4n) is 2.37. The van der Waals surface area contributed by atoms with Crippen LogP contribution in [0.4, 0.5) is 0 Å². The highest BCUT2D eigenvalue weighted by Gasteiger charge is 2.13. The van der Waals surface area contributed by atoms with E-state index in [4.69, 9.17) is 4.42 Å². The first-order chi connectivity index (χ1) is 8.81. The Balaban J connectivity index is 1.87. The van der Waals surface area contributed by atoms with Crippen molar-refractivity contribution >= 4 is 0 Å². The second kappa shape index (κ2) is 6.41. The summed E-state index contributed by atoms with van der Waals surface area (Å²) in [6.07, 6.45) is 5.22. The summed E-state index contributed by atoms with van der Waals surface area (Å²) in [5.41, 5.74) is 2.70. The molecule has 0 saturated heterocycles. The van der Waals surface area contributed by atoms with Crippen LogP contribution < -0.4 is 5.32 Å². The van der Waals surface area contributed by atoms with E-state index in [0.717, 1.165) is 18.6 Å². The van der Waals surface area contributed by atoms with E-state index < -0.39 is 0 Å². The molecule has 0 aliphatic carbocycles. The van der Waals surface area contributed by atoms with Gasteiger partial charge in [0.1, 0.15) is 5.76 Å². The van der Waals surface area contributed by atoms with E-state index >= 15 is 0 Å². The maximum atomic E-state index is 5.37. The van der Waals surface area contributed by atoms with Crippen LogP contribution in [0.1, 0.15) is 35.8 Å². The smallest absolute Gasteiger partial charge is 0.105 e. The van der Waals surface area contributed by atoms with Gasteiger partial charge < -0.3 is 9.73 Å². The van der Waals surface area contributed by atoms with Gasteiger partial charge in [0.2, 0.25) is 0 Å². The standard InChI is InChI=1S/C16H21NO/c1-13-15(11-12-18-13)16(17-2)10-6-9-14-7-4-3-5-8-14/h3-5,7-8,11-12,16-17H,6,9-10H2,1-2H3. The number of hydrogen-bond donors (Lipinski definition) is 1. The highest BCUT2D eigenvalue weighted by atomic mass is 16.3. The van der Waals surface area contributed by atoms with Crippen LogP contribution in [0.5, 0.6) is 0 Å². The summed E-state index contributed by atoms with van der Waals surface area (Å²) in [5.74, 6) is 1.02. The predicted molar refractivity (Wildman–Crippen MR) is 74.6 cm³/mol. The Kier molecular flexibility index (Phi) is 4.59. The average Bonchev–Trinajstić information content (AvgIpc) is 2.82. The molecule has 0 saturated carbocycles. The van der Waals surface area contributed by atoms with Crippen LogP contribution >= 0.6 is 0 Å². The van der Waals surface area contributed by atoms with Crippen molar-refractivity contribution in [3.63, 3.8) is 0 Å². The number of hydrogen-bond acceptors (Lipinski definition) is 2. The molecule has 0 aliphatic rings. The molecule has 96 valence electrons. The third kappa shape index (κ3) is 3.23. The Hall–Kier alpha value is -1.54. The van der Waals surface area contributed by atoms with Gasteiger partial charge in [-0.05, 0) is 44.9 Å². The summed E-state index contributed by atoms with van der Waals surface area (Å²) in [6, 6.07) is 13.1. The fraction of sp³-hybridized carbons (Fsp3) is 0.375. The summed E-state index contributed by atoms with van der Waals surface area (Å²) < 4.78 is 5.37. The van der Waals surface area contributed by atoms with Crippen molar-refractivity contribution in [3.8, 4) is 0 Å². The van der Waals surface area contributed by atoms with E-state index in [9.17, 15) is 0 Å². The zero-order valence-electron chi connectivity index (χ0n) is 11.1. The third-order valence-corrected chi connectivity index (χ3v) is 3.42. The van der Waals surface area contributed by atoms with Crippen molar-refractivity contribution < 1.29 is 4.42 Å². The molecule has 1 heterocycles. The zero-order chi connectivity index (χ0) is 12.8. The lowest BCUT2D eigenvalue weighted by molar-refractivity contribution is 0.492. The number of aryl methyl sites for hydroxylation is 2. The molecule has 0 bridgehead atoms. The molecule has 0 spiro atoms. The van der Waals surface area contributed by atoms with E-state index in [1.165, 1.54) is 17.5 Å². The Morgan fingerprint density at radius 1 is 1.17 bits per heavy atom. The normalized spacial score (nSPS) is 12.6. The van der Waals surface area contributed by atoms with Crippen molar-refractivity contribution in [3.05, 3.63) is 59.5 Å². The molecule has 1 atom stereocenters. The van der Waals surface area contributed by atoms with Gasteiger partial charge in [-0.25, -0.2) is 0 Å². The zero-order valence-corrected chi connectivity index (χ0v) is 11.1. The molecule has 0 fully saturated rings. The molecule has 1 N–H and O–H groups in total. The molecular formula is C16H21NO. The summed E-state index contributed by atoms with van der Waals surface area (Å²) in [7, 11) is 2.01. The predicted octanol–water partition coefficient (Wildman–Crippen LogP) is 3.87. The summed E-state index contributed by atoms with van der Waals surface area (Å²) in [5, 5.41) is 3.37. The van der Waals surface area contributed by atoms with Crippen molar-refractivity contribution in [1.82, 2.24) is 5.32 Å². The van der Waals surface area contributed by atoms with Gasteiger partial charge in [-0.15, -0.1) is 0 Å². The van der Waals surface area contributed by atoms with Crippen LogP contribution in [0, 0.1) is 6.92 Å². The molecule has 2 heteroatoms. The van der Waals surface area contributed by atoms with E-state index in [1.807, 2.05) is 14.0 Å². The molecule has 1 aromatic carbocycles. The quantitative estimate of drug-likeness (QED) is 0.833. The van der Waals surface area contributed by atoms with Gasteiger partial charge in [0.05, 0.1) is 6.26 Å². The minimum Gasteiger partial charge on any atom is -0.469 e. The second-order valence-corrected chi connectivity index (χ2v) is 4.65. The van der Waals surface area contributed by atoms with Gasteiger partial charge in [-0.1, -0.05) is 30.3 Å². The molecule has 1 unspecified atom stereocenters. The lowest BCUT2D eigenvalue weighted by atomic mass is 10.00. The molecular weight excluding hydrogens is 222 g/mol. The van der Waals surface area contributed by atoms with Crippen LogP contribution in [0.25, 0.3) is 0 Å². The first-order valence-electron chi connectivity index (χ1n) is 6.56. The molecule has 0 aliphatic heterocycles. The third-order valence-electron chi connectivity index (χ3n) is 3.42. The minimum atomic E-state index is 0.396. The Bertz CT molecular complexity index is 461. The topological polar surface area (TPSA) is 25.2 Å². The van der Waals surface area contributed by atoms with Gasteiger partial charge in [-0.2, -0.15) is 0 Å². The number of benzene rings is 1. The van der Waals surface area contributed by atoms with Crippen molar-refractivity contribution in [2.75, 3.05) is 7.05 Å². The van der Waals surface area contributed by atoms with Gasteiger partial charge >= 0.3 is 0 Å². The van der Waals surface area contributed by atoms with Crippen molar-refractivity contribution in [2.45, 2.75) is 32.2 Å². The van der Waals surface area contributed by atoms with Gasteiger partial charge in [0.15, 0.2) is 0 Å². The SMILES string of the molecule is CNC(CCCc1ccccc1)c1ccoc1C. The van der Waals surface area contributed by atoms with Crippen LogP contribution in [-0.4, -0.2) is 7.05 Å². The molecule has 18 heavy (non-hydrogen) atoms. The minimum absolute atomic E-state index is 0.396. The largest absolute Gasteiger partial charge is 0.469 e. The first-order valence-corrected chi connectivity index (χ1v) is 6.56. The van der Waals surface area contributed by atoms with Gasteiger partial charge in [0.25, 0.3) is 0 Å². The molecule has 0 amide bonds. The van der Waals surface area contributed by atoms with Crippen LogP contribution in [0.3, 0.4) is 0 Å². The number of rotatable bonds is 6. The average molecular weight is 243 g/mol. The van der Waals surface area contributed by atoms with Gasteiger partial charge in [0, 0.05) is 11.6 Å². The molecule has 2 nitrogen and oxygen atoms in total. The Morgan fingerprint density at radius 2 is 1.94 bits per heavy atom. The van der Waals surface area contributed by atoms with Crippen LogP contribution in [-0.2, 0) is 6.42 Å². The summed E-state index contributed by atoms with van der Waals surface area (Å²) >= 11 is 0. The van der Waals surface area contributed by atoms with Crippen molar-refractivity contribution in [1.29, 1.82) is 0 Å². The highest BCUT2D eigenvalue weighted by molar-refractivity contribution is 5.20. The lowest BCUT2D eigenvalue weighted by Gasteiger charge is -2.15. The monoisotopic (exact) mass is 243 g/mol. The number of nitrogens with one attached hydrogen (secondary N) is 1. The lowest BCUT2D eigenvalue weighted by Crippen LogP contribution is -2.16. The first kappa shape index (κ1) is 12.9. The second-order valence-electron chi connectivity index (χ2n) is 4.65. The molecule has 1 aromatic heterocycles. The molecule has 0 radical (unpaired) electrons. The molecule has 2 aromatic rings. The Morgan fingerprint density at radius 3 is 2.56 bits per heavy atom. The van der Waals surface area contributed by atoms with E-state index in [-0.39, 0.29) is 0 Å². The van der Waals surface area contributed by atoms with Crippen LogP contribution in [0.15, 0.2) is 47.1 Å². The van der Waals surface area contributed by atoms with E-state index in [1.54, 1.807) is 6.26 Å². The Labute approximate surface area is 109 Å². The number of furan rings is 1.